The van der Waals surface area contributed by atoms with Crippen LogP contribution in [0.25, 0.3) is 0 Å². The van der Waals surface area contributed by atoms with Crippen LogP contribution in [-0.4, -0.2) is 12.6 Å². The zero-order valence-electron chi connectivity index (χ0n) is 9.42. The summed E-state index contributed by atoms with van der Waals surface area (Å²) in [6.07, 6.45) is 7.25. The molecule has 2 heteroatoms. The van der Waals surface area contributed by atoms with Crippen LogP contribution in [0.4, 0.5) is 0 Å². The Labute approximate surface area is 87.0 Å². The van der Waals surface area contributed by atoms with E-state index >= 15 is 0 Å². The lowest BCUT2D eigenvalue weighted by Crippen LogP contribution is -2.21. The molecule has 0 spiro atoms. The summed E-state index contributed by atoms with van der Waals surface area (Å²) in [5.41, 5.74) is 0. The number of ether oxygens (including phenoxy) is 1. The van der Waals surface area contributed by atoms with E-state index < -0.39 is 0 Å². The molecule has 0 bridgehead atoms. The average Bonchev–Trinajstić information content (AvgIpc) is 2.26. The predicted molar refractivity (Wildman–Crippen MR) is 57.0 cm³/mol. The molecule has 1 aliphatic rings. The maximum absolute atomic E-state index is 11.0. The molecule has 0 heterocycles. The van der Waals surface area contributed by atoms with Crippen LogP contribution in [0.15, 0.2) is 0 Å². The van der Waals surface area contributed by atoms with Crippen LogP contribution in [0.5, 0.6) is 0 Å². The van der Waals surface area contributed by atoms with E-state index in [9.17, 15) is 4.79 Å². The Hall–Kier alpha value is -0.530. The minimum absolute atomic E-state index is 0.0624. The lowest BCUT2D eigenvalue weighted by molar-refractivity contribution is -0.145. The standard InChI is InChI=1S/C12H22O2/c1-3-12(13)14-9-10(2)11-7-5-4-6-8-11/h10-11H,3-9H2,1-2H3. The fraction of sp³-hybridized carbons (Fsp3) is 0.917. The number of esters is 1. The van der Waals surface area contributed by atoms with Gasteiger partial charge in [-0.25, -0.2) is 0 Å². The van der Waals surface area contributed by atoms with Gasteiger partial charge in [-0.15, -0.1) is 0 Å². The monoisotopic (exact) mass is 198 g/mol. The SMILES string of the molecule is CCC(=O)OCC(C)C1CCCCC1. The van der Waals surface area contributed by atoms with Crippen molar-refractivity contribution in [2.45, 2.75) is 52.4 Å². The predicted octanol–water partition coefficient (Wildman–Crippen LogP) is 3.16. The van der Waals surface area contributed by atoms with Crippen molar-refractivity contribution in [2.24, 2.45) is 11.8 Å². The molecule has 0 amide bonds. The molecule has 1 aliphatic carbocycles. The van der Waals surface area contributed by atoms with Gasteiger partial charge in [0.2, 0.25) is 0 Å². The van der Waals surface area contributed by atoms with Gasteiger partial charge in [0.1, 0.15) is 0 Å². The molecule has 0 radical (unpaired) electrons. The summed E-state index contributed by atoms with van der Waals surface area (Å²) >= 11 is 0. The molecule has 1 fully saturated rings. The van der Waals surface area contributed by atoms with Crippen molar-refractivity contribution >= 4 is 5.97 Å². The Morgan fingerprint density at radius 2 is 2.00 bits per heavy atom. The Balaban J connectivity index is 2.19. The first-order chi connectivity index (χ1) is 6.74. The minimum Gasteiger partial charge on any atom is -0.465 e. The van der Waals surface area contributed by atoms with Crippen LogP contribution in [0.3, 0.4) is 0 Å². The largest absolute Gasteiger partial charge is 0.465 e. The molecule has 1 atom stereocenters. The van der Waals surface area contributed by atoms with Crippen LogP contribution in [-0.2, 0) is 9.53 Å². The molecule has 0 aromatic heterocycles. The third-order valence-electron chi connectivity index (χ3n) is 3.25. The van der Waals surface area contributed by atoms with Crippen molar-refractivity contribution in [1.29, 1.82) is 0 Å². The van der Waals surface area contributed by atoms with Gasteiger partial charge in [-0.3, -0.25) is 4.79 Å². The zero-order chi connectivity index (χ0) is 10.4. The topological polar surface area (TPSA) is 26.3 Å². The second-order valence-electron chi connectivity index (χ2n) is 4.41. The highest BCUT2D eigenvalue weighted by atomic mass is 16.5. The summed E-state index contributed by atoms with van der Waals surface area (Å²) in [7, 11) is 0. The molecule has 0 aliphatic heterocycles. The van der Waals surface area contributed by atoms with Gasteiger partial charge in [-0.2, -0.15) is 0 Å². The van der Waals surface area contributed by atoms with Gasteiger partial charge >= 0.3 is 5.97 Å². The molecule has 1 rings (SSSR count). The van der Waals surface area contributed by atoms with E-state index in [1.54, 1.807) is 0 Å². The summed E-state index contributed by atoms with van der Waals surface area (Å²) in [5.74, 6) is 1.27. The van der Waals surface area contributed by atoms with E-state index in [2.05, 4.69) is 6.92 Å². The number of hydrogen-bond acceptors (Lipinski definition) is 2. The van der Waals surface area contributed by atoms with Gasteiger partial charge < -0.3 is 4.74 Å². The first kappa shape index (κ1) is 11.5. The van der Waals surface area contributed by atoms with Crippen molar-refractivity contribution in [2.75, 3.05) is 6.61 Å². The molecular formula is C12H22O2. The van der Waals surface area contributed by atoms with Crippen molar-refractivity contribution in [3.63, 3.8) is 0 Å². The molecular weight excluding hydrogens is 176 g/mol. The number of carbonyl (C=O) groups excluding carboxylic acids is 1. The summed E-state index contributed by atoms with van der Waals surface area (Å²) in [6.45, 7) is 4.67. The number of carbonyl (C=O) groups is 1. The maximum atomic E-state index is 11.0. The van der Waals surface area contributed by atoms with Gasteiger partial charge in [0, 0.05) is 6.42 Å². The Bertz CT molecular complexity index is 171. The average molecular weight is 198 g/mol. The fourth-order valence-corrected chi connectivity index (χ4v) is 2.17. The van der Waals surface area contributed by atoms with Crippen molar-refractivity contribution in [1.82, 2.24) is 0 Å². The maximum Gasteiger partial charge on any atom is 0.305 e. The Kier molecular flexibility index (Phi) is 4.99. The third-order valence-corrected chi connectivity index (χ3v) is 3.25. The Morgan fingerprint density at radius 3 is 2.57 bits per heavy atom. The summed E-state index contributed by atoms with van der Waals surface area (Å²) < 4.78 is 5.17. The molecule has 0 saturated heterocycles. The number of rotatable bonds is 4. The van der Waals surface area contributed by atoms with E-state index in [1.807, 2.05) is 6.92 Å². The van der Waals surface area contributed by atoms with Gasteiger partial charge in [0.25, 0.3) is 0 Å². The minimum atomic E-state index is -0.0624. The molecule has 1 saturated carbocycles. The van der Waals surface area contributed by atoms with E-state index in [-0.39, 0.29) is 5.97 Å². The van der Waals surface area contributed by atoms with Crippen molar-refractivity contribution in [3.8, 4) is 0 Å². The molecule has 1 unspecified atom stereocenters. The molecule has 0 aromatic carbocycles. The summed E-state index contributed by atoms with van der Waals surface area (Å²) in [6, 6.07) is 0. The second kappa shape index (κ2) is 6.05. The molecule has 82 valence electrons. The summed E-state index contributed by atoms with van der Waals surface area (Å²) in [4.78, 5) is 11.0. The van der Waals surface area contributed by atoms with Gasteiger partial charge in [0.15, 0.2) is 0 Å². The quantitative estimate of drug-likeness (QED) is 0.649. The van der Waals surface area contributed by atoms with Crippen LogP contribution in [0.1, 0.15) is 52.4 Å². The van der Waals surface area contributed by atoms with Crippen LogP contribution < -0.4 is 0 Å². The summed E-state index contributed by atoms with van der Waals surface area (Å²) in [5, 5.41) is 0. The van der Waals surface area contributed by atoms with E-state index in [0.717, 1.165) is 5.92 Å². The van der Waals surface area contributed by atoms with Crippen molar-refractivity contribution < 1.29 is 9.53 Å². The van der Waals surface area contributed by atoms with Crippen LogP contribution in [0.2, 0.25) is 0 Å². The van der Waals surface area contributed by atoms with Crippen LogP contribution >= 0.6 is 0 Å². The zero-order valence-corrected chi connectivity index (χ0v) is 9.42. The lowest BCUT2D eigenvalue weighted by atomic mass is 9.81. The first-order valence-corrected chi connectivity index (χ1v) is 5.89. The lowest BCUT2D eigenvalue weighted by Gasteiger charge is -2.27. The van der Waals surface area contributed by atoms with Crippen LogP contribution in [0, 0.1) is 11.8 Å². The van der Waals surface area contributed by atoms with E-state index in [1.165, 1.54) is 32.1 Å². The molecule has 0 N–H and O–H groups in total. The molecule has 14 heavy (non-hydrogen) atoms. The second-order valence-corrected chi connectivity index (χ2v) is 4.41. The van der Waals surface area contributed by atoms with Gasteiger partial charge in [-0.1, -0.05) is 46.0 Å². The highest BCUT2D eigenvalue weighted by Gasteiger charge is 2.20. The van der Waals surface area contributed by atoms with Gasteiger partial charge in [0.05, 0.1) is 6.61 Å². The molecule has 2 nitrogen and oxygen atoms in total. The highest BCUT2D eigenvalue weighted by Crippen LogP contribution is 2.29. The Morgan fingerprint density at radius 1 is 1.36 bits per heavy atom. The van der Waals surface area contributed by atoms with E-state index in [4.69, 9.17) is 4.74 Å². The first-order valence-electron chi connectivity index (χ1n) is 5.89. The number of hydrogen-bond donors (Lipinski definition) is 0. The fourth-order valence-electron chi connectivity index (χ4n) is 2.17. The normalized spacial score (nSPS) is 20.4. The van der Waals surface area contributed by atoms with E-state index in [0.29, 0.717) is 18.9 Å². The third kappa shape index (κ3) is 3.69. The smallest absolute Gasteiger partial charge is 0.305 e. The van der Waals surface area contributed by atoms with Crippen molar-refractivity contribution in [3.05, 3.63) is 0 Å². The van der Waals surface area contributed by atoms with Gasteiger partial charge in [-0.05, 0) is 11.8 Å². The highest BCUT2D eigenvalue weighted by molar-refractivity contribution is 5.68. The molecule has 0 aromatic rings.